The molecule has 1 saturated heterocycles. The molecule has 5 heteroatoms. The Morgan fingerprint density at radius 1 is 0.913 bits per heavy atom. The van der Waals surface area contributed by atoms with Gasteiger partial charge in [-0.15, -0.1) is 0 Å². The van der Waals surface area contributed by atoms with Crippen LogP contribution in [0.2, 0.25) is 0 Å². The van der Waals surface area contributed by atoms with Gasteiger partial charge >= 0.3 is 0 Å². The van der Waals surface area contributed by atoms with E-state index >= 15 is 0 Å². The van der Waals surface area contributed by atoms with E-state index in [4.69, 9.17) is 14.6 Å². The summed E-state index contributed by atoms with van der Waals surface area (Å²) in [6.45, 7) is -0.371. The molecule has 0 spiro atoms. The van der Waals surface area contributed by atoms with Crippen LogP contribution < -0.4 is 4.74 Å². The molecule has 0 amide bonds. The zero-order chi connectivity index (χ0) is 16.2. The first-order valence-corrected chi connectivity index (χ1v) is 7.60. The Morgan fingerprint density at radius 3 is 2.30 bits per heavy atom. The van der Waals surface area contributed by atoms with E-state index in [0.29, 0.717) is 12.2 Å². The monoisotopic (exact) mass is 316 g/mol. The smallest absolute Gasteiger partial charge is 0.229 e. The van der Waals surface area contributed by atoms with E-state index in [0.717, 1.165) is 11.1 Å². The fourth-order valence-electron chi connectivity index (χ4n) is 2.67. The lowest BCUT2D eigenvalue weighted by Crippen LogP contribution is -2.35. The van der Waals surface area contributed by atoms with Crippen LogP contribution in [0.3, 0.4) is 0 Å². The first-order chi connectivity index (χ1) is 11.2. The maximum absolute atomic E-state index is 9.99. The highest BCUT2D eigenvalue weighted by molar-refractivity contribution is 5.37. The number of para-hydroxylation sites is 1. The topological polar surface area (TPSA) is 79.2 Å². The van der Waals surface area contributed by atoms with E-state index in [9.17, 15) is 10.2 Å². The summed E-state index contributed by atoms with van der Waals surface area (Å²) in [5.74, 6) is 0.589. The lowest BCUT2D eigenvalue weighted by molar-refractivity contribution is -0.116. The zero-order valence-corrected chi connectivity index (χ0v) is 12.6. The Hall–Kier alpha value is -1.92. The van der Waals surface area contributed by atoms with Crippen LogP contribution in [-0.4, -0.2) is 46.5 Å². The summed E-state index contributed by atoms with van der Waals surface area (Å²) in [4.78, 5) is 0. The van der Waals surface area contributed by atoms with Crippen molar-refractivity contribution < 1.29 is 24.8 Å². The third-order valence-electron chi connectivity index (χ3n) is 3.95. The molecule has 3 N–H and O–H groups in total. The van der Waals surface area contributed by atoms with Crippen molar-refractivity contribution in [3.63, 3.8) is 0 Å². The van der Waals surface area contributed by atoms with Gasteiger partial charge in [-0.25, -0.2) is 0 Å². The van der Waals surface area contributed by atoms with Gasteiger partial charge < -0.3 is 24.8 Å². The first-order valence-electron chi connectivity index (χ1n) is 7.60. The number of rotatable bonds is 5. The molecule has 1 heterocycles. The van der Waals surface area contributed by atoms with Gasteiger partial charge in [0.25, 0.3) is 0 Å². The maximum atomic E-state index is 9.99. The minimum atomic E-state index is -1.20. The SMILES string of the molecule is OC[C@H]1O[C@@H](Oc2ccccc2Cc2ccccc2)[C@H](O)[C@H]1O. The second-order valence-electron chi connectivity index (χ2n) is 5.59. The fourth-order valence-corrected chi connectivity index (χ4v) is 2.67. The Kier molecular flexibility index (Phi) is 4.93. The molecule has 122 valence electrons. The average molecular weight is 316 g/mol. The summed E-state index contributed by atoms with van der Waals surface area (Å²) in [6.07, 6.45) is -3.51. The maximum Gasteiger partial charge on any atom is 0.229 e. The molecule has 23 heavy (non-hydrogen) atoms. The molecule has 3 rings (SSSR count). The van der Waals surface area contributed by atoms with Gasteiger partial charge in [0.05, 0.1) is 6.61 Å². The summed E-state index contributed by atoms with van der Waals surface area (Å²) in [5.41, 5.74) is 2.10. The minimum absolute atomic E-state index is 0.371. The molecule has 0 aliphatic carbocycles. The van der Waals surface area contributed by atoms with Crippen molar-refractivity contribution in [3.05, 3.63) is 65.7 Å². The molecule has 0 aromatic heterocycles. The van der Waals surface area contributed by atoms with Gasteiger partial charge in [-0.1, -0.05) is 48.5 Å². The van der Waals surface area contributed by atoms with Crippen molar-refractivity contribution in [2.45, 2.75) is 31.0 Å². The van der Waals surface area contributed by atoms with E-state index in [1.54, 1.807) is 6.07 Å². The molecule has 0 saturated carbocycles. The Morgan fingerprint density at radius 2 is 1.61 bits per heavy atom. The summed E-state index contributed by atoms with van der Waals surface area (Å²) in [5, 5.41) is 28.9. The number of hydrogen-bond acceptors (Lipinski definition) is 5. The van der Waals surface area contributed by atoms with Crippen LogP contribution in [-0.2, 0) is 11.2 Å². The fraction of sp³-hybridized carbons (Fsp3) is 0.333. The highest BCUT2D eigenvalue weighted by Crippen LogP contribution is 2.28. The molecule has 5 nitrogen and oxygen atoms in total. The largest absolute Gasteiger partial charge is 0.462 e. The van der Waals surface area contributed by atoms with Gasteiger partial charge in [0.2, 0.25) is 6.29 Å². The van der Waals surface area contributed by atoms with Gasteiger partial charge in [0, 0.05) is 6.42 Å². The van der Waals surface area contributed by atoms with Crippen LogP contribution in [0.15, 0.2) is 54.6 Å². The van der Waals surface area contributed by atoms with Crippen LogP contribution in [0, 0.1) is 0 Å². The van der Waals surface area contributed by atoms with E-state index < -0.39 is 24.6 Å². The highest BCUT2D eigenvalue weighted by Gasteiger charge is 2.44. The average Bonchev–Trinajstić information content (AvgIpc) is 2.85. The molecule has 1 aliphatic rings. The standard InChI is InChI=1S/C18H20O5/c19-11-15-16(20)17(21)18(23-15)22-14-9-5-4-8-13(14)10-12-6-2-1-3-7-12/h1-9,15-21H,10-11H2/t15-,16+,17-,18-/m1/s1. The summed E-state index contributed by atoms with van der Waals surface area (Å²) in [7, 11) is 0. The zero-order valence-electron chi connectivity index (χ0n) is 12.6. The number of aliphatic hydroxyl groups excluding tert-OH is 3. The summed E-state index contributed by atoms with van der Waals surface area (Å²) < 4.78 is 11.1. The number of hydrogen-bond donors (Lipinski definition) is 3. The second kappa shape index (κ2) is 7.10. The van der Waals surface area contributed by atoms with E-state index in [-0.39, 0.29) is 6.61 Å². The molecule has 2 aromatic carbocycles. The Labute approximate surface area is 134 Å². The van der Waals surface area contributed by atoms with Gasteiger partial charge in [-0.2, -0.15) is 0 Å². The molecule has 4 atom stereocenters. The molecule has 1 aliphatic heterocycles. The molecular weight excluding hydrogens is 296 g/mol. The number of aliphatic hydroxyl groups is 3. The predicted molar refractivity (Wildman–Crippen MR) is 84.1 cm³/mol. The van der Waals surface area contributed by atoms with Crippen molar-refractivity contribution in [3.8, 4) is 5.75 Å². The van der Waals surface area contributed by atoms with Crippen molar-refractivity contribution in [2.75, 3.05) is 6.61 Å². The summed E-state index contributed by atoms with van der Waals surface area (Å²) in [6, 6.07) is 17.5. The quantitative estimate of drug-likeness (QED) is 0.770. The third kappa shape index (κ3) is 3.54. The van der Waals surface area contributed by atoms with Gasteiger partial charge in [0.1, 0.15) is 24.1 Å². The van der Waals surface area contributed by atoms with Gasteiger partial charge in [0.15, 0.2) is 0 Å². The minimum Gasteiger partial charge on any atom is -0.462 e. The van der Waals surface area contributed by atoms with Gasteiger partial charge in [-0.3, -0.25) is 0 Å². The van der Waals surface area contributed by atoms with Gasteiger partial charge in [-0.05, 0) is 17.2 Å². The van der Waals surface area contributed by atoms with E-state index in [2.05, 4.69) is 0 Å². The van der Waals surface area contributed by atoms with Crippen LogP contribution in [0.5, 0.6) is 5.75 Å². The lowest BCUT2D eigenvalue weighted by atomic mass is 10.0. The van der Waals surface area contributed by atoms with Crippen LogP contribution >= 0.6 is 0 Å². The predicted octanol–water partition coefficient (Wildman–Crippen LogP) is 1.10. The third-order valence-corrected chi connectivity index (χ3v) is 3.95. The molecule has 1 fully saturated rings. The highest BCUT2D eigenvalue weighted by atomic mass is 16.7. The van der Waals surface area contributed by atoms with Crippen LogP contribution in [0.4, 0.5) is 0 Å². The van der Waals surface area contributed by atoms with Crippen molar-refractivity contribution in [2.24, 2.45) is 0 Å². The number of benzene rings is 2. The summed E-state index contributed by atoms with van der Waals surface area (Å²) >= 11 is 0. The molecule has 0 bridgehead atoms. The Balaban J connectivity index is 1.76. The van der Waals surface area contributed by atoms with E-state index in [1.165, 1.54) is 0 Å². The van der Waals surface area contributed by atoms with Crippen LogP contribution in [0.1, 0.15) is 11.1 Å². The van der Waals surface area contributed by atoms with Crippen molar-refractivity contribution in [1.29, 1.82) is 0 Å². The molecular formula is C18H20O5. The molecule has 0 radical (unpaired) electrons. The normalized spacial score (nSPS) is 27.1. The lowest BCUT2D eigenvalue weighted by Gasteiger charge is -2.19. The second-order valence-corrected chi connectivity index (χ2v) is 5.59. The molecule has 0 unspecified atom stereocenters. The van der Waals surface area contributed by atoms with E-state index in [1.807, 2.05) is 48.5 Å². The Bertz CT molecular complexity index is 630. The van der Waals surface area contributed by atoms with Crippen molar-refractivity contribution >= 4 is 0 Å². The molecule has 2 aromatic rings. The van der Waals surface area contributed by atoms with Crippen molar-refractivity contribution in [1.82, 2.24) is 0 Å². The van der Waals surface area contributed by atoms with Crippen LogP contribution in [0.25, 0.3) is 0 Å². The first kappa shape index (κ1) is 16.0. The number of ether oxygens (including phenoxy) is 2.